The summed E-state index contributed by atoms with van der Waals surface area (Å²) in [5.41, 5.74) is 0.323. The third-order valence-electron chi connectivity index (χ3n) is 8.56. The molecule has 2 amide bonds. The molecule has 0 saturated carbocycles. The highest BCUT2D eigenvalue weighted by molar-refractivity contribution is 6.36. The molecule has 0 bridgehead atoms. The normalized spacial score (nSPS) is 14.5. The first-order valence-electron chi connectivity index (χ1n) is 15.6. The van der Waals surface area contributed by atoms with Crippen LogP contribution in [0.2, 0.25) is 10.0 Å². The first kappa shape index (κ1) is 38.0. The molecule has 2 N–H and O–H groups in total. The SMILES string of the molecule is Cn1c(Cc2c(Cl)ccc(CNC(=O)C(C)(C)F)c2Cl)nc2cc(C(=O)Nc3ccc(OC(F)(F)F)cc3)c(N3CCC(C(F)(F)F)CC3)cc21. The van der Waals surface area contributed by atoms with Crippen molar-refractivity contribution in [3.05, 3.63) is 81.1 Å². The van der Waals surface area contributed by atoms with E-state index in [1.807, 2.05) is 0 Å². The van der Waals surface area contributed by atoms with Crippen LogP contribution in [-0.2, 0) is 24.8 Å². The predicted molar refractivity (Wildman–Crippen MR) is 179 cm³/mol. The van der Waals surface area contributed by atoms with Crippen molar-refractivity contribution < 1.29 is 45.1 Å². The van der Waals surface area contributed by atoms with Crippen molar-refractivity contribution in [1.29, 1.82) is 0 Å². The Kier molecular flexibility index (Phi) is 10.7. The van der Waals surface area contributed by atoms with Crippen molar-refractivity contribution in [1.82, 2.24) is 14.9 Å². The average molecular weight is 763 g/mol. The zero-order chi connectivity index (χ0) is 37.5. The highest BCUT2D eigenvalue weighted by Crippen LogP contribution is 2.38. The van der Waals surface area contributed by atoms with Gasteiger partial charge in [0.15, 0.2) is 5.67 Å². The maximum absolute atomic E-state index is 14.0. The highest BCUT2D eigenvalue weighted by Gasteiger charge is 2.41. The third-order valence-corrected chi connectivity index (χ3v) is 9.39. The third kappa shape index (κ3) is 8.98. The topological polar surface area (TPSA) is 88.5 Å². The van der Waals surface area contributed by atoms with E-state index < -0.39 is 41.7 Å². The van der Waals surface area contributed by atoms with Crippen molar-refractivity contribution in [2.75, 3.05) is 23.3 Å². The standard InChI is InChI=1S/C34H32Cl2F7N5O3/c1-32(2,37)31(50)44-17-18-4-9-24(35)22(29(18)36)15-28-46-25-14-23(30(49)45-20-5-7-21(8-6-20)51-34(41,42)43)26(16-27(25)47(28)3)48-12-10-19(11-13-48)33(38,39)40/h4-9,14,16,19H,10-13,15,17H2,1-3H3,(H,44,50)(H,45,49). The van der Waals surface area contributed by atoms with E-state index in [1.54, 1.807) is 34.7 Å². The van der Waals surface area contributed by atoms with Gasteiger partial charge in [-0.05, 0) is 80.3 Å². The van der Waals surface area contributed by atoms with Gasteiger partial charge in [0.05, 0.1) is 33.2 Å². The van der Waals surface area contributed by atoms with Gasteiger partial charge >= 0.3 is 12.5 Å². The number of carbonyl (C=O) groups excluding carboxylic acids is 2. The van der Waals surface area contributed by atoms with Gasteiger partial charge in [-0.3, -0.25) is 9.59 Å². The molecule has 274 valence electrons. The second-order valence-electron chi connectivity index (χ2n) is 12.6. The number of amides is 2. The summed E-state index contributed by atoms with van der Waals surface area (Å²) in [5, 5.41) is 5.66. The number of halogens is 9. The molecule has 1 aliphatic rings. The number of nitrogens with zero attached hydrogens (tertiary/aromatic N) is 3. The Balaban J connectivity index is 1.48. The largest absolute Gasteiger partial charge is 0.573 e. The summed E-state index contributed by atoms with van der Waals surface area (Å²) in [6.45, 7) is 2.21. The Morgan fingerprint density at radius 1 is 0.961 bits per heavy atom. The van der Waals surface area contributed by atoms with Crippen molar-refractivity contribution in [3.8, 4) is 5.75 Å². The van der Waals surface area contributed by atoms with Gasteiger partial charge in [-0.25, -0.2) is 9.37 Å². The fraction of sp³-hybridized carbons (Fsp3) is 0.382. The number of hydrogen-bond donors (Lipinski definition) is 2. The molecule has 0 radical (unpaired) electrons. The maximum Gasteiger partial charge on any atom is 0.573 e. The number of aryl methyl sites for hydroxylation is 1. The lowest BCUT2D eigenvalue weighted by Gasteiger charge is -2.35. The molecule has 5 rings (SSSR count). The summed E-state index contributed by atoms with van der Waals surface area (Å²) >= 11 is 13.2. The van der Waals surface area contributed by atoms with Crippen LogP contribution in [0.15, 0.2) is 48.5 Å². The molecule has 0 spiro atoms. The molecular formula is C34H32Cl2F7N5O3. The van der Waals surface area contributed by atoms with Crippen LogP contribution in [0.3, 0.4) is 0 Å². The Morgan fingerprint density at radius 3 is 2.20 bits per heavy atom. The second kappa shape index (κ2) is 14.4. The Bertz CT molecular complexity index is 1930. The van der Waals surface area contributed by atoms with Crippen LogP contribution in [0.1, 0.15) is 54.0 Å². The van der Waals surface area contributed by atoms with E-state index in [-0.39, 0.29) is 55.2 Å². The number of anilines is 2. The summed E-state index contributed by atoms with van der Waals surface area (Å²) in [5.74, 6) is -3.01. The highest BCUT2D eigenvalue weighted by atomic mass is 35.5. The average Bonchev–Trinajstić information content (AvgIpc) is 3.35. The van der Waals surface area contributed by atoms with E-state index in [0.717, 1.165) is 26.0 Å². The molecule has 17 heteroatoms. The van der Waals surface area contributed by atoms with E-state index in [9.17, 15) is 40.3 Å². The quantitative estimate of drug-likeness (QED) is 0.167. The minimum absolute atomic E-state index is 0.0122. The van der Waals surface area contributed by atoms with Crippen LogP contribution in [0.4, 0.5) is 42.1 Å². The number of fused-ring (bicyclic) bond motifs is 1. The number of hydrogen-bond acceptors (Lipinski definition) is 5. The minimum Gasteiger partial charge on any atom is -0.406 e. The Hall–Kier alpha value is -4.24. The first-order valence-corrected chi connectivity index (χ1v) is 16.4. The van der Waals surface area contributed by atoms with Crippen molar-refractivity contribution in [3.63, 3.8) is 0 Å². The Morgan fingerprint density at radius 2 is 1.61 bits per heavy atom. The van der Waals surface area contributed by atoms with Crippen LogP contribution in [0.5, 0.6) is 5.75 Å². The Labute approximate surface area is 297 Å². The molecular weight excluding hydrogens is 730 g/mol. The fourth-order valence-electron chi connectivity index (χ4n) is 5.75. The van der Waals surface area contributed by atoms with E-state index in [4.69, 9.17) is 28.2 Å². The van der Waals surface area contributed by atoms with Crippen molar-refractivity contribution in [2.24, 2.45) is 13.0 Å². The van der Waals surface area contributed by atoms with Gasteiger partial charge in [0, 0.05) is 43.8 Å². The molecule has 1 aliphatic heterocycles. The van der Waals surface area contributed by atoms with Crippen molar-refractivity contribution >= 4 is 57.4 Å². The number of rotatable bonds is 9. The molecule has 0 unspecified atom stereocenters. The lowest BCUT2D eigenvalue weighted by molar-refractivity contribution is -0.274. The molecule has 51 heavy (non-hydrogen) atoms. The van der Waals surface area contributed by atoms with Gasteiger partial charge in [0.25, 0.3) is 11.8 Å². The molecule has 8 nitrogen and oxygen atoms in total. The van der Waals surface area contributed by atoms with Crippen LogP contribution < -0.4 is 20.3 Å². The van der Waals surface area contributed by atoms with Gasteiger partial charge in [0.1, 0.15) is 11.6 Å². The van der Waals surface area contributed by atoms with Crippen LogP contribution in [0, 0.1) is 5.92 Å². The van der Waals surface area contributed by atoms with Gasteiger partial charge < -0.3 is 24.8 Å². The summed E-state index contributed by atoms with van der Waals surface area (Å²) in [6, 6.07) is 10.8. The monoisotopic (exact) mass is 761 g/mol. The lowest BCUT2D eigenvalue weighted by atomic mass is 9.95. The summed E-state index contributed by atoms with van der Waals surface area (Å²) < 4.78 is 97.9. The van der Waals surface area contributed by atoms with E-state index >= 15 is 0 Å². The number of imidazole rings is 1. The van der Waals surface area contributed by atoms with Gasteiger partial charge in [-0.1, -0.05) is 29.3 Å². The van der Waals surface area contributed by atoms with Crippen molar-refractivity contribution in [2.45, 2.75) is 57.9 Å². The zero-order valence-corrected chi connectivity index (χ0v) is 28.9. The van der Waals surface area contributed by atoms with E-state index in [2.05, 4.69) is 15.4 Å². The molecule has 1 aromatic heterocycles. The number of aromatic nitrogens is 2. The number of piperidine rings is 1. The summed E-state index contributed by atoms with van der Waals surface area (Å²) in [6.07, 6.45) is -9.53. The molecule has 0 aliphatic carbocycles. The van der Waals surface area contributed by atoms with Crippen LogP contribution in [0.25, 0.3) is 11.0 Å². The van der Waals surface area contributed by atoms with Crippen LogP contribution in [-0.4, -0.2) is 52.7 Å². The summed E-state index contributed by atoms with van der Waals surface area (Å²) in [4.78, 5) is 32.2. The number of ether oxygens (including phenoxy) is 1. The smallest absolute Gasteiger partial charge is 0.406 e. The molecule has 0 atom stereocenters. The number of nitrogens with one attached hydrogen (secondary N) is 2. The number of carbonyl (C=O) groups is 2. The maximum atomic E-state index is 14.0. The molecule has 4 aromatic rings. The minimum atomic E-state index is -4.90. The zero-order valence-electron chi connectivity index (χ0n) is 27.4. The number of alkyl halides is 7. The fourth-order valence-corrected chi connectivity index (χ4v) is 6.32. The second-order valence-corrected chi connectivity index (χ2v) is 13.4. The predicted octanol–water partition coefficient (Wildman–Crippen LogP) is 8.76. The van der Waals surface area contributed by atoms with Gasteiger partial charge in [0.2, 0.25) is 0 Å². The molecule has 2 heterocycles. The van der Waals surface area contributed by atoms with E-state index in [1.165, 1.54) is 18.2 Å². The molecule has 1 saturated heterocycles. The van der Waals surface area contributed by atoms with E-state index in [0.29, 0.717) is 38.7 Å². The number of benzene rings is 3. The lowest BCUT2D eigenvalue weighted by Crippen LogP contribution is -2.39. The van der Waals surface area contributed by atoms with Crippen LogP contribution >= 0.6 is 23.2 Å². The van der Waals surface area contributed by atoms with Gasteiger partial charge in [-0.15, -0.1) is 13.2 Å². The van der Waals surface area contributed by atoms with Gasteiger partial charge in [-0.2, -0.15) is 13.2 Å². The summed E-state index contributed by atoms with van der Waals surface area (Å²) in [7, 11) is 1.71. The molecule has 3 aromatic carbocycles. The molecule has 1 fully saturated rings. The first-order chi connectivity index (χ1) is 23.7.